The minimum absolute atomic E-state index is 0.619. The van der Waals surface area contributed by atoms with Crippen molar-refractivity contribution < 1.29 is 4.74 Å². The van der Waals surface area contributed by atoms with Crippen LogP contribution < -0.4 is 5.32 Å². The molecule has 0 aromatic carbocycles. The monoisotopic (exact) mass is 255 g/mol. The molecule has 2 fully saturated rings. The summed E-state index contributed by atoms with van der Waals surface area (Å²) in [5.74, 6) is 0. The first-order valence-electron chi connectivity index (χ1n) is 7.49. The number of ether oxygens (including phenoxy) is 1. The Morgan fingerprint density at radius 2 is 2.00 bits per heavy atom. The molecule has 3 unspecified atom stereocenters. The largest absolute Gasteiger partial charge is 0.379 e. The van der Waals surface area contributed by atoms with Gasteiger partial charge in [-0.1, -0.05) is 6.92 Å². The van der Waals surface area contributed by atoms with Crippen LogP contribution in [0.1, 0.15) is 26.7 Å². The second-order valence-electron chi connectivity index (χ2n) is 5.63. The molecule has 0 radical (unpaired) electrons. The van der Waals surface area contributed by atoms with Gasteiger partial charge in [0, 0.05) is 44.3 Å². The van der Waals surface area contributed by atoms with Gasteiger partial charge in [0.2, 0.25) is 0 Å². The van der Waals surface area contributed by atoms with Crippen molar-refractivity contribution in [3.05, 3.63) is 0 Å². The molecular formula is C14H29N3O. The van der Waals surface area contributed by atoms with Crippen molar-refractivity contribution in [1.82, 2.24) is 15.1 Å². The van der Waals surface area contributed by atoms with Crippen molar-refractivity contribution >= 4 is 0 Å². The van der Waals surface area contributed by atoms with E-state index in [0.717, 1.165) is 32.3 Å². The third-order valence-electron chi connectivity index (χ3n) is 4.73. The zero-order chi connectivity index (χ0) is 13.0. The Bertz CT molecular complexity index is 239. The fourth-order valence-corrected chi connectivity index (χ4v) is 3.42. The summed E-state index contributed by atoms with van der Waals surface area (Å²) in [6, 6.07) is 2.02. The highest BCUT2D eigenvalue weighted by Crippen LogP contribution is 2.20. The highest BCUT2D eigenvalue weighted by Gasteiger charge is 2.32. The summed E-state index contributed by atoms with van der Waals surface area (Å²) in [6.07, 6.45) is 2.53. The number of hydrogen-bond acceptors (Lipinski definition) is 4. The van der Waals surface area contributed by atoms with E-state index in [0.29, 0.717) is 12.1 Å². The zero-order valence-electron chi connectivity index (χ0n) is 12.2. The van der Waals surface area contributed by atoms with Crippen LogP contribution in [0, 0.1) is 0 Å². The summed E-state index contributed by atoms with van der Waals surface area (Å²) in [4.78, 5) is 5.28. The molecular weight excluding hydrogens is 226 g/mol. The molecule has 4 heteroatoms. The van der Waals surface area contributed by atoms with Crippen molar-refractivity contribution in [3.8, 4) is 0 Å². The lowest BCUT2D eigenvalue weighted by atomic mass is 10.1. The summed E-state index contributed by atoms with van der Waals surface area (Å²) in [5, 5.41) is 3.45. The summed E-state index contributed by atoms with van der Waals surface area (Å²) in [7, 11) is 2.08. The molecule has 2 heterocycles. The van der Waals surface area contributed by atoms with Gasteiger partial charge in [-0.25, -0.2) is 0 Å². The van der Waals surface area contributed by atoms with Gasteiger partial charge in [0.15, 0.2) is 0 Å². The maximum absolute atomic E-state index is 5.44. The predicted molar refractivity (Wildman–Crippen MR) is 75.0 cm³/mol. The molecule has 0 saturated carbocycles. The van der Waals surface area contributed by atoms with Crippen molar-refractivity contribution in [2.24, 2.45) is 0 Å². The van der Waals surface area contributed by atoms with E-state index in [2.05, 4.69) is 36.0 Å². The lowest BCUT2D eigenvalue weighted by molar-refractivity contribution is 0.0174. The lowest BCUT2D eigenvalue weighted by Gasteiger charge is -2.34. The second-order valence-corrected chi connectivity index (χ2v) is 5.63. The highest BCUT2D eigenvalue weighted by molar-refractivity contribution is 4.90. The van der Waals surface area contributed by atoms with E-state index in [1.165, 1.54) is 25.9 Å². The van der Waals surface area contributed by atoms with Gasteiger partial charge in [0.25, 0.3) is 0 Å². The SMILES string of the molecule is CCC(NC)C(C)N1CCC(N2CCOCC2)C1. The van der Waals surface area contributed by atoms with Gasteiger partial charge in [-0.15, -0.1) is 0 Å². The molecule has 3 atom stereocenters. The standard InChI is InChI=1S/C14H29N3O/c1-4-14(15-3)12(2)17-6-5-13(11-17)16-7-9-18-10-8-16/h12-15H,4-11H2,1-3H3. The van der Waals surface area contributed by atoms with Crippen LogP contribution in [0.2, 0.25) is 0 Å². The number of morpholine rings is 1. The Morgan fingerprint density at radius 3 is 2.61 bits per heavy atom. The van der Waals surface area contributed by atoms with Crippen LogP contribution in [0.4, 0.5) is 0 Å². The van der Waals surface area contributed by atoms with Crippen LogP contribution in [0.5, 0.6) is 0 Å². The molecule has 2 aliphatic heterocycles. The normalized spacial score (nSPS) is 30.5. The van der Waals surface area contributed by atoms with Gasteiger partial charge in [-0.3, -0.25) is 9.80 Å². The van der Waals surface area contributed by atoms with Gasteiger partial charge in [0.05, 0.1) is 13.2 Å². The van der Waals surface area contributed by atoms with E-state index in [1.807, 2.05) is 0 Å². The zero-order valence-corrected chi connectivity index (χ0v) is 12.2. The molecule has 0 aliphatic carbocycles. The van der Waals surface area contributed by atoms with Crippen LogP contribution in [0.15, 0.2) is 0 Å². The van der Waals surface area contributed by atoms with E-state index in [1.54, 1.807) is 0 Å². The molecule has 4 nitrogen and oxygen atoms in total. The maximum Gasteiger partial charge on any atom is 0.0594 e. The quantitative estimate of drug-likeness (QED) is 0.786. The maximum atomic E-state index is 5.44. The van der Waals surface area contributed by atoms with Crippen molar-refractivity contribution in [2.45, 2.75) is 44.8 Å². The Balaban J connectivity index is 1.83. The number of rotatable bonds is 5. The van der Waals surface area contributed by atoms with Gasteiger partial charge >= 0.3 is 0 Å². The van der Waals surface area contributed by atoms with E-state index in [-0.39, 0.29) is 0 Å². The molecule has 2 rings (SSSR count). The van der Waals surface area contributed by atoms with Crippen LogP contribution in [-0.4, -0.2) is 74.4 Å². The van der Waals surface area contributed by atoms with Crippen LogP contribution >= 0.6 is 0 Å². The fraction of sp³-hybridized carbons (Fsp3) is 1.00. The van der Waals surface area contributed by atoms with E-state index in [4.69, 9.17) is 4.74 Å². The number of hydrogen-bond donors (Lipinski definition) is 1. The summed E-state index contributed by atoms with van der Waals surface area (Å²) in [5.41, 5.74) is 0. The van der Waals surface area contributed by atoms with Crippen LogP contribution in [0.25, 0.3) is 0 Å². The molecule has 18 heavy (non-hydrogen) atoms. The molecule has 0 aromatic rings. The van der Waals surface area contributed by atoms with Gasteiger partial charge < -0.3 is 10.1 Å². The summed E-state index contributed by atoms with van der Waals surface area (Å²) in [6.45, 7) is 11.2. The van der Waals surface area contributed by atoms with E-state index >= 15 is 0 Å². The lowest BCUT2D eigenvalue weighted by Crippen LogP contribution is -2.49. The van der Waals surface area contributed by atoms with Gasteiger partial charge in [-0.2, -0.15) is 0 Å². The number of nitrogens with zero attached hydrogens (tertiary/aromatic N) is 2. The third kappa shape index (κ3) is 3.23. The fourth-order valence-electron chi connectivity index (χ4n) is 3.42. The Labute approximate surface area is 112 Å². The topological polar surface area (TPSA) is 27.7 Å². The molecule has 2 aliphatic rings. The molecule has 0 bridgehead atoms. The molecule has 0 aromatic heterocycles. The molecule has 106 valence electrons. The Morgan fingerprint density at radius 1 is 1.28 bits per heavy atom. The average Bonchev–Trinajstić information content (AvgIpc) is 2.90. The third-order valence-corrected chi connectivity index (χ3v) is 4.73. The van der Waals surface area contributed by atoms with E-state index < -0.39 is 0 Å². The number of likely N-dealkylation sites (tertiary alicyclic amines) is 1. The first kappa shape index (κ1) is 14.3. The smallest absolute Gasteiger partial charge is 0.0594 e. The Hall–Kier alpha value is -0.160. The first-order valence-corrected chi connectivity index (χ1v) is 7.49. The van der Waals surface area contributed by atoms with Crippen molar-refractivity contribution in [2.75, 3.05) is 46.4 Å². The van der Waals surface area contributed by atoms with Gasteiger partial charge in [0.1, 0.15) is 0 Å². The minimum atomic E-state index is 0.619. The van der Waals surface area contributed by atoms with E-state index in [9.17, 15) is 0 Å². The summed E-state index contributed by atoms with van der Waals surface area (Å²) < 4.78 is 5.44. The molecule has 0 amide bonds. The van der Waals surface area contributed by atoms with Gasteiger partial charge in [-0.05, 0) is 26.8 Å². The number of nitrogens with one attached hydrogen (secondary N) is 1. The summed E-state index contributed by atoms with van der Waals surface area (Å²) >= 11 is 0. The van der Waals surface area contributed by atoms with Crippen molar-refractivity contribution in [3.63, 3.8) is 0 Å². The molecule has 0 spiro atoms. The Kier molecular flexibility index (Phi) is 5.42. The molecule has 2 saturated heterocycles. The first-order chi connectivity index (χ1) is 8.76. The average molecular weight is 255 g/mol. The molecule has 1 N–H and O–H groups in total. The van der Waals surface area contributed by atoms with Crippen molar-refractivity contribution in [1.29, 1.82) is 0 Å². The van der Waals surface area contributed by atoms with Crippen LogP contribution in [0.3, 0.4) is 0 Å². The highest BCUT2D eigenvalue weighted by atomic mass is 16.5. The second kappa shape index (κ2) is 6.85. The number of likely N-dealkylation sites (N-methyl/N-ethyl adjacent to an activating group) is 1. The predicted octanol–water partition coefficient (Wildman–Crippen LogP) is 0.779. The van der Waals surface area contributed by atoms with Crippen LogP contribution in [-0.2, 0) is 4.74 Å². The minimum Gasteiger partial charge on any atom is -0.379 e.